The van der Waals surface area contributed by atoms with Gasteiger partial charge < -0.3 is 19.7 Å². The van der Waals surface area contributed by atoms with Crippen molar-refractivity contribution in [3.8, 4) is 22.6 Å². The third kappa shape index (κ3) is 4.93. The summed E-state index contributed by atoms with van der Waals surface area (Å²) < 4.78 is 5.59. The molecule has 33 heavy (non-hydrogen) atoms. The van der Waals surface area contributed by atoms with E-state index in [1.807, 2.05) is 25.1 Å². The van der Waals surface area contributed by atoms with Crippen molar-refractivity contribution >= 4 is 5.91 Å². The van der Waals surface area contributed by atoms with Crippen molar-refractivity contribution in [2.24, 2.45) is 5.92 Å². The maximum atomic E-state index is 13.4. The number of hydrogen-bond acceptors (Lipinski definition) is 5. The molecule has 1 aliphatic carbocycles. The van der Waals surface area contributed by atoms with Crippen LogP contribution in [0.25, 0.3) is 11.1 Å². The van der Waals surface area contributed by atoms with E-state index < -0.39 is 11.5 Å². The SMILES string of the molecule is CCCCc1[nH]c(=O)c(C(=O)N2CCN(CC3CC3)CC2)c(O)c1-c1c(C)cccc1OC. The lowest BCUT2D eigenvalue weighted by Crippen LogP contribution is -2.50. The summed E-state index contributed by atoms with van der Waals surface area (Å²) in [5.41, 5.74) is 2.04. The number of nitrogens with one attached hydrogen (secondary N) is 1. The number of carbonyl (C=O) groups excluding carboxylic acids is 1. The molecule has 2 heterocycles. The normalized spacial score (nSPS) is 16.8. The molecule has 2 aliphatic rings. The van der Waals surface area contributed by atoms with Crippen LogP contribution in [0.4, 0.5) is 0 Å². The maximum Gasteiger partial charge on any atom is 0.264 e. The Hall–Kier alpha value is -2.80. The van der Waals surface area contributed by atoms with Gasteiger partial charge in [-0.15, -0.1) is 0 Å². The molecule has 7 nitrogen and oxygen atoms in total. The fourth-order valence-corrected chi connectivity index (χ4v) is 4.73. The number of methoxy groups -OCH3 is 1. The van der Waals surface area contributed by atoms with Gasteiger partial charge in [0.1, 0.15) is 17.1 Å². The number of aromatic amines is 1. The minimum absolute atomic E-state index is 0.175. The van der Waals surface area contributed by atoms with Crippen LogP contribution >= 0.6 is 0 Å². The number of aryl methyl sites for hydroxylation is 2. The van der Waals surface area contributed by atoms with Crippen LogP contribution in [0.2, 0.25) is 0 Å². The number of piperazine rings is 1. The summed E-state index contributed by atoms with van der Waals surface area (Å²) in [5.74, 6) is 0.752. The second kappa shape index (κ2) is 10.00. The minimum Gasteiger partial charge on any atom is -0.506 e. The molecule has 4 rings (SSSR count). The average Bonchev–Trinajstić information content (AvgIpc) is 3.62. The lowest BCUT2D eigenvalue weighted by molar-refractivity contribution is 0.0627. The highest BCUT2D eigenvalue weighted by Crippen LogP contribution is 2.41. The predicted molar refractivity (Wildman–Crippen MR) is 129 cm³/mol. The summed E-state index contributed by atoms with van der Waals surface area (Å²) in [5, 5.41) is 11.4. The Labute approximate surface area is 195 Å². The van der Waals surface area contributed by atoms with Gasteiger partial charge in [-0.3, -0.25) is 14.5 Å². The van der Waals surface area contributed by atoms with Gasteiger partial charge in [0.15, 0.2) is 0 Å². The maximum absolute atomic E-state index is 13.4. The first kappa shape index (κ1) is 23.4. The largest absolute Gasteiger partial charge is 0.506 e. The fourth-order valence-electron chi connectivity index (χ4n) is 4.73. The molecule has 1 amide bonds. The minimum atomic E-state index is -0.527. The number of amides is 1. The molecule has 1 saturated heterocycles. The molecule has 1 aromatic heterocycles. The third-order valence-electron chi connectivity index (χ3n) is 6.84. The first-order valence-corrected chi connectivity index (χ1v) is 12.1. The number of unbranched alkanes of at least 4 members (excludes halogenated alkanes) is 1. The second-order valence-corrected chi connectivity index (χ2v) is 9.32. The number of H-pyrrole nitrogens is 1. The lowest BCUT2D eigenvalue weighted by atomic mass is 9.93. The Bertz CT molecular complexity index is 1070. The molecular weight excluding hydrogens is 418 g/mol. The van der Waals surface area contributed by atoms with E-state index in [2.05, 4.69) is 16.8 Å². The van der Waals surface area contributed by atoms with Crippen molar-refractivity contribution in [3.05, 3.63) is 45.4 Å². The molecule has 2 aromatic rings. The average molecular weight is 454 g/mol. The van der Waals surface area contributed by atoms with Crippen LogP contribution in [0, 0.1) is 12.8 Å². The summed E-state index contributed by atoms with van der Waals surface area (Å²) >= 11 is 0. The van der Waals surface area contributed by atoms with Crippen LogP contribution < -0.4 is 10.3 Å². The number of benzene rings is 1. The Morgan fingerprint density at radius 2 is 1.91 bits per heavy atom. The summed E-state index contributed by atoms with van der Waals surface area (Å²) in [4.78, 5) is 33.5. The zero-order valence-electron chi connectivity index (χ0n) is 19.9. The second-order valence-electron chi connectivity index (χ2n) is 9.32. The number of carbonyl (C=O) groups is 1. The monoisotopic (exact) mass is 453 g/mol. The van der Waals surface area contributed by atoms with E-state index in [0.29, 0.717) is 42.1 Å². The van der Waals surface area contributed by atoms with E-state index in [1.165, 1.54) is 12.8 Å². The van der Waals surface area contributed by atoms with Crippen LogP contribution in [-0.2, 0) is 6.42 Å². The van der Waals surface area contributed by atoms with E-state index >= 15 is 0 Å². The first-order chi connectivity index (χ1) is 15.9. The van der Waals surface area contributed by atoms with E-state index in [-0.39, 0.29) is 11.3 Å². The molecule has 0 bridgehead atoms. The molecule has 1 aromatic carbocycles. The van der Waals surface area contributed by atoms with Crippen LogP contribution in [0.1, 0.15) is 54.2 Å². The van der Waals surface area contributed by atoms with Crippen molar-refractivity contribution in [2.45, 2.75) is 46.0 Å². The van der Waals surface area contributed by atoms with E-state index in [9.17, 15) is 14.7 Å². The highest BCUT2D eigenvalue weighted by molar-refractivity contribution is 5.99. The zero-order valence-corrected chi connectivity index (χ0v) is 19.9. The van der Waals surface area contributed by atoms with Gasteiger partial charge in [-0.05, 0) is 50.2 Å². The Morgan fingerprint density at radius 1 is 1.18 bits per heavy atom. The lowest BCUT2D eigenvalue weighted by Gasteiger charge is -2.34. The zero-order chi connectivity index (χ0) is 23.5. The van der Waals surface area contributed by atoms with Crippen molar-refractivity contribution in [3.63, 3.8) is 0 Å². The molecule has 0 radical (unpaired) electrons. The van der Waals surface area contributed by atoms with Crippen molar-refractivity contribution < 1.29 is 14.6 Å². The van der Waals surface area contributed by atoms with Gasteiger partial charge in [0, 0.05) is 49.5 Å². The van der Waals surface area contributed by atoms with Gasteiger partial charge in [-0.1, -0.05) is 25.5 Å². The van der Waals surface area contributed by atoms with E-state index in [4.69, 9.17) is 4.74 Å². The van der Waals surface area contributed by atoms with Crippen LogP contribution in [-0.4, -0.2) is 65.6 Å². The quantitative estimate of drug-likeness (QED) is 0.638. The molecule has 2 N–H and O–H groups in total. The number of nitrogens with zero attached hydrogens (tertiary/aromatic N) is 2. The number of pyridine rings is 1. The molecule has 0 unspecified atom stereocenters. The van der Waals surface area contributed by atoms with E-state index in [0.717, 1.165) is 44.0 Å². The van der Waals surface area contributed by atoms with Gasteiger partial charge in [-0.25, -0.2) is 0 Å². The van der Waals surface area contributed by atoms with Crippen LogP contribution in [0.15, 0.2) is 23.0 Å². The van der Waals surface area contributed by atoms with Gasteiger partial charge in [-0.2, -0.15) is 0 Å². The number of aromatic nitrogens is 1. The Kier molecular flexibility index (Phi) is 7.08. The van der Waals surface area contributed by atoms with Gasteiger partial charge in [0.25, 0.3) is 11.5 Å². The molecular formula is C26H35N3O4. The van der Waals surface area contributed by atoms with Gasteiger partial charge >= 0.3 is 0 Å². The smallest absolute Gasteiger partial charge is 0.264 e. The summed E-state index contributed by atoms with van der Waals surface area (Å²) in [6.45, 7) is 7.83. The van der Waals surface area contributed by atoms with Crippen molar-refractivity contribution in [2.75, 3.05) is 39.8 Å². The number of aromatic hydroxyl groups is 1. The highest BCUT2D eigenvalue weighted by atomic mass is 16.5. The third-order valence-corrected chi connectivity index (χ3v) is 6.84. The number of hydrogen-bond donors (Lipinski definition) is 2. The van der Waals surface area contributed by atoms with Crippen molar-refractivity contribution in [1.82, 2.24) is 14.8 Å². The molecule has 0 atom stereocenters. The standard InChI is InChI=1S/C26H35N3O4/c1-4-5-8-19-22(21-17(2)7-6-9-20(21)33-3)24(30)23(25(31)27-19)26(32)29-14-12-28(13-15-29)16-18-10-11-18/h6-7,9,18H,4-5,8,10-16H2,1-3H3,(H2,27,30,31). The molecule has 7 heteroatoms. The molecule has 0 spiro atoms. The number of ether oxygens (including phenoxy) is 1. The predicted octanol–water partition coefficient (Wildman–Crippen LogP) is 3.57. The van der Waals surface area contributed by atoms with Gasteiger partial charge in [0.2, 0.25) is 0 Å². The Balaban J connectivity index is 1.71. The van der Waals surface area contributed by atoms with Crippen LogP contribution in [0.3, 0.4) is 0 Å². The fraction of sp³-hybridized carbons (Fsp3) is 0.538. The van der Waals surface area contributed by atoms with Crippen molar-refractivity contribution in [1.29, 1.82) is 0 Å². The summed E-state index contributed by atoms with van der Waals surface area (Å²) in [7, 11) is 1.58. The first-order valence-electron chi connectivity index (χ1n) is 12.1. The van der Waals surface area contributed by atoms with Crippen LogP contribution in [0.5, 0.6) is 11.5 Å². The molecule has 178 valence electrons. The molecule has 1 saturated carbocycles. The summed E-state index contributed by atoms with van der Waals surface area (Å²) in [6.07, 6.45) is 5.00. The van der Waals surface area contributed by atoms with E-state index in [1.54, 1.807) is 12.0 Å². The molecule has 2 fully saturated rings. The summed E-state index contributed by atoms with van der Waals surface area (Å²) in [6, 6.07) is 5.66. The highest BCUT2D eigenvalue weighted by Gasteiger charge is 2.32. The Morgan fingerprint density at radius 3 is 2.55 bits per heavy atom. The molecule has 1 aliphatic heterocycles. The van der Waals surface area contributed by atoms with Gasteiger partial charge in [0.05, 0.1) is 7.11 Å². The topological polar surface area (TPSA) is 85.9 Å². The number of rotatable bonds is 8.